The van der Waals surface area contributed by atoms with Gasteiger partial charge in [0, 0.05) is 44.8 Å². The number of hydrogen-bond acceptors (Lipinski definition) is 3. The largest absolute Gasteiger partial charge is 0.311 e. The highest BCUT2D eigenvalue weighted by Crippen LogP contribution is 2.24. The van der Waals surface area contributed by atoms with Gasteiger partial charge in [0.05, 0.1) is 0 Å². The summed E-state index contributed by atoms with van der Waals surface area (Å²) in [5.41, 5.74) is 4.60. The summed E-state index contributed by atoms with van der Waals surface area (Å²) in [5.74, 6) is 0. The van der Waals surface area contributed by atoms with Crippen molar-refractivity contribution in [1.29, 1.82) is 0 Å². The minimum atomic E-state index is 0.367. The maximum absolute atomic E-state index is 3.78. The van der Waals surface area contributed by atoms with Crippen molar-refractivity contribution < 1.29 is 0 Å². The number of benzene rings is 3. The van der Waals surface area contributed by atoms with Crippen LogP contribution in [0.4, 0.5) is 0 Å². The molecule has 0 aromatic heterocycles. The molecule has 192 valence electrons. The van der Waals surface area contributed by atoms with Crippen molar-refractivity contribution in [3.8, 4) is 0 Å². The Bertz CT molecular complexity index is 997. The van der Waals surface area contributed by atoms with Crippen LogP contribution in [0, 0.1) is 5.41 Å². The van der Waals surface area contributed by atoms with Crippen LogP contribution in [-0.2, 0) is 19.4 Å². The standard InChI is InChI=1S/C33H45N3/c1-33(2,3)19-20-35-21-22-36(27-32(35)24-29-15-9-5-10-16-29)31(23-28-13-7-4-8-14-28)26-34-25-30-17-11-6-12-18-30/h4-18,31-32,34H,19-27H2,1-3H3/t31-,32-/m0/s1. The van der Waals surface area contributed by atoms with Gasteiger partial charge in [0.25, 0.3) is 0 Å². The Morgan fingerprint density at radius 2 is 1.36 bits per heavy atom. The van der Waals surface area contributed by atoms with Crippen molar-refractivity contribution in [1.82, 2.24) is 15.1 Å². The fourth-order valence-corrected chi connectivity index (χ4v) is 5.30. The molecule has 0 spiro atoms. The third-order valence-electron chi connectivity index (χ3n) is 7.48. The summed E-state index contributed by atoms with van der Waals surface area (Å²) < 4.78 is 0. The van der Waals surface area contributed by atoms with Gasteiger partial charge in [-0.05, 0) is 47.9 Å². The summed E-state index contributed by atoms with van der Waals surface area (Å²) in [6, 6.07) is 33.9. The van der Waals surface area contributed by atoms with Crippen LogP contribution in [0.2, 0.25) is 0 Å². The van der Waals surface area contributed by atoms with Gasteiger partial charge in [-0.1, -0.05) is 112 Å². The van der Waals surface area contributed by atoms with Crippen LogP contribution in [0.25, 0.3) is 0 Å². The molecule has 1 fully saturated rings. The molecule has 0 aliphatic carbocycles. The van der Waals surface area contributed by atoms with Gasteiger partial charge < -0.3 is 5.32 Å². The van der Waals surface area contributed by atoms with Gasteiger partial charge in [0.2, 0.25) is 0 Å². The van der Waals surface area contributed by atoms with E-state index in [1.807, 2.05) is 0 Å². The summed E-state index contributed by atoms with van der Waals surface area (Å²) in [5, 5.41) is 3.78. The van der Waals surface area contributed by atoms with Crippen molar-refractivity contribution in [2.24, 2.45) is 5.41 Å². The van der Waals surface area contributed by atoms with E-state index >= 15 is 0 Å². The van der Waals surface area contributed by atoms with Crippen LogP contribution in [0.1, 0.15) is 43.9 Å². The lowest BCUT2D eigenvalue weighted by molar-refractivity contribution is 0.0411. The van der Waals surface area contributed by atoms with Crippen LogP contribution in [0.5, 0.6) is 0 Å². The molecule has 3 aromatic carbocycles. The first-order chi connectivity index (χ1) is 17.5. The Hall–Kier alpha value is -2.46. The molecule has 0 unspecified atom stereocenters. The Morgan fingerprint density at radius 1 is 0.778 bits per heavy atom. The first-order valence-corrected chi connectivity index (χ1v) is 13.8. The van der Waals surface area contributed by atoms with E-state index in [1.165, 1.54) is 29.7 Å². The van der Waals surface area contributed by atoms with E-state index in [0.29, 0.717) is 17.5 Å². The highest BCUT2D eigenvalue weighted by Gasteiger charge is 2.31. The molecule has 1 N–H and O–H groups in total. The van der Waals surface area contributed by atoms with Crippen LogP contribution < -0.4 is 5.32 Å². The zero-order valence-corrected chi connectivity index (χ0v) is 22.6. The smallest absolute Gasteiger partial charge is 0.0264 e. The Labute approximate surface area is 219 Å². The summed E-state index contributed by atoms with van der Waals surface area (Å²) in [4.78, 5) is 5.54. The second-order valence-electron chi connectivity index (χ2n) is 11.6. The summed E-state index contributed by atoms with van der Waals surface area (Å²) in [7, 11) is 0. The minimum absolute atomic E-state index is 0.367. The van der Waals surface area contributed by atoms with Crippen molar-refractivity contribution in [3.05, 3.63) is 108 Å². The Morgan fingerprint density at radius 3 is 1.97 bits per heavy atom. The fraction of sp³-hybridized carbons (Fsp3) is 0.455. The van der Waals surface area contributed by atoms with Crippen molar-refractivity contribution in [2.45, 2.75) is 58.7 Å². The molecule has 3 heteroatoms. The molecule has 36 heavy (non-hydrogen) atoms. The molecule has 0 radical (unpaired) electrons. The SMILES string of the molecule is CC(C)(C)CCN1CCN([C@H](CNCc2ccccc2)Cc2ccccc2)C[C@@H]1Cc1ccccc1. The molecule has 0 bridgehead atoms. The molecule has 4 rings (SSSR count). The van der Waals surface area contributed by atoms with Gasteiger partial charge in [-0.15, -0.1) is 0 Å². The predicted octanol–water partition coefficient (Wildman–Crippen LogP) is 6.05. The van der Waals surface area contributed by atoms with E-state index in [2.05, 4.69) is 127 Å². The normalized spacial score (nSPS) is 18.2. The molecule has 0 amide bonds. The summed E-state index contributed by atoms with van der Waals surface area (Å²) >= 11 is 0. The van der Waals surface area contributed by atoms with E-state index in [0.717, 1.165) is 45.6 Å². The number of hydrogen-bond donors (Lipinski definition) is 1. The van der Waals surface area contributed by atoms with E-state index < -0.39 is 0 Å². The van der Waals surface area contributed by atoms with Crippen molar-refractivity contribution in [3.63, 3.8) is 0 Å². The van der Waals surface area contributed by atoms with Gasteiger partial charge >= 0.3 is 0 Å². The molecule has 3 aromatic rings. The number of nitrogens with one attached hydrogen (secondary N) is 1. The van der Waals surface area contributed by atoms with E-state index in [1.54, 1.807) is 0 Å². The molecular weight excluding hydrogens is 438 g/mol. The summed E-state index contributed by atoms with van der Waals surface area (Å²) in [6.07, 6.45) is 3.45. The first-order valence-electron chi connectivity index (χ1n) is 13.8. The van der Waals surface area contributed by atoms with E-state index in [4.69, 9.17) is 0 Å². The second-order valence-corrected chi connectivity index (χ2v) is 11.6. The van der Waals surface area contributed by atoms with Gasteiger partial charge in [0.15, 0.2) is 0 Å². The zero-order chi connectivity index (χ0) is 25.2. The third kappa shape index (κ3) is 8.58. The first kappa shape index (κ1) is 26.6. The molecule has 1 aliphatic rings. The molecule has 1 heterocycles. The second kappa shape index (κ2) is 13.2. The van der Waals surface area contributed by atoms with Crippen molar-refractivity contribution >= 4 is 0 Å². The van der Waals surface area contributed by atoms with E-state index in [9.17, 15) is 0 Å². The molecule has 1 aliphatic heterocycles. The number of piperazine rings is 1. The fourth-order valence-electron chi connectivity index (χ4n) is 5.30. The van der Waals surface area contributed by atoms with Crippen molar-refractivity contribution in [2.75, 3.05) is 32.7 Å². The van der Waals surface area contributed by atoms with Crippen LogP contribution in [-0.4, -0.2) is 54.6 Å². The topological polar surface area (TPSA) is 18.5 Å². The number of nitrogens with zero attached hydrogens (tertiary/aromatic N) is 2. The molecule has 0 saturated carbocycles. The highest BCUT2D eigenvalue weighted by atomic mass is 15.3. The average Bonchev–Trinajstić information content (AvgIpc) is 2.89. The molecule has 3 nitrogen and oxygen atoms in total. The lowest BCUT2D eigenvalue weighted by atomic mass is 9.91. The quantitative estimate of drug-likeness (QED) is 0.358. The van der Waals surface area contributed by atoms with Crippen LogP contribution in [0.15, 0.2) is 91.0 Å². The van der Waals surface area contributed by atoms with Crippen LogP contribution >= 0.6 is 0 Å². The van der Waals surface area contributed by atoms with Gasteiger partial charge in [-0.3, -0.25) is 9.80 Å². The molecular formula is C33H45N3. The minimum Gasteiger partial charge on any atom is -0.311 e. The predicted molar refractivity (Wildman–Crippen MR) is 153 cm³/mol. The molecule has 2 atom stereocenters. The zero-order valence-electron chi connectivity index (χ0n) is 22.6. The highest BCUT2D eigenvalue weighted by molar-refractivity contribution is 5.18. The lowest BCUT2D eigenvalue weighted by Gasteiger charge is -2.45. The maximum atomic E-state index is 3.78. The average molecular weight is 484 g/mol. The van der Waals surface area contributed by atoms with Gasteiger partial charge in [0.1, 0.15) is 0 Å². The monoisotopic (exact) mass is 483 g/mol. The van der Waals surface area contributed by atoms with Gasteiger partial charge in [-0.2, -0.15) is 0 Å². The number of rotatable bonds is 11. The van der Waals surface area contributed by atoms with E-state index in [-0.39, 0.29) is 0 Å². The lowest BCUT2D eigenvalue weighted by Crippen LogP contribution is -2.58. The summed E-state index contributed by atoms with van der Waals surface area (Å²) in [6.45, 7) is 13.6. The Kier molecular flexibility index (Phi) is 9.75. The molecule has 1 saturated heterocycles. The maximum Gasteiger partial charge on any atom is 0.0264 e. The Balaban J connectivity index is 1.46. The van der Waals surface area contributed by atoms with Gasteiger partial charge in [-0.25, -0.2) is 0 Å². The third-order valence-corrected chi connectivity index (χ3v) is 7.48. The van der Waals surface area contributed by atoms with Crippen LogP contribution in [0.3, 0.4) is 0 Å².